The summed E-state index contributed by atoms with van der Waals surface area (Å²) < 4.78 is 44.0. The van der Waals surface area contributed by atoms with Crippen LogP contribution < -0.4 is 5.32 Å². The molecule has 2 aromatic rings. The van der Waals surface area contributed by atoms with E-state index in [0.717, 1.165) is 23.9 Å². The molecule has 1 fully saturated rings. The first kappa shape index (κ1) is 21.3. The van der Waals surface area contributed by atoms with Crippen LogP contribution in [-0.2, 0) is 20.5 Å². The van der Waals surface area contributed by atoms with Crippen molar-refractivity contribution in [2.24, 2.45) is 10.2 Å². The molecular formula is C20H14F3N3O3S. The molecule has 0 bridgehead atoms. The quantitative estimate of drug-likeness (QED) is 0.342. The van der Waals surface area contributed by atoms with Crippen LogP contribution in [0.4, 0.5) is 13.2 Å². The van der Waals surface area contributed by atoms with Gasteiger partial charge in [-0.05, 0) is 34.5 Å². The Morgan fingerprint density at radius 1 is 1.13 bits per heavy atom. The number of rotatable bonds is 4. The number of carbonyl (C=O) groups is 2. The zero-order chi connectivity index (χ0) is 21.7. The van der Waals surface area contributed by atoms with Gasteiger partial charge in [0.1, 0.15) is 0 Å². The van der Waals surface area contributed by atoms with Crippen LogP contribution in [-0.4, -0.2) is 30.4 Å². The molecule has 3 rings (SSSR count). The molecule has 1 heterocycles. The van der Waals surface area contributed by atoms with E-state index in [4.69, 9.17) is 0 Å². The smallest absolute Gasteiger partial charge is 0.417 e. The van der Waals surface area contributed by atoms with Crippen LogP contribution in [0.15, 0.2) is 69.7 Å². The maximum Gasteiger partial charge on any atom is 0.417 e. The lowest BCUT2D eigenvalue weighted by Gasteiger charge is -2.12. The summed E-state index contributed by atoms with van der Waals surface area (Å²) in [4.78, 5) is 23.0. The van der Waals surface area contributed by atoms with Gasteiger partial charge in [0.25, 0.3) is 5.91 Å². The summed E-state index contributed by atoms with van der Waals surface area (Å²) in [6.07, 6.45) is -2.01. The first-order valence-electron chi connectivity index (χ1n) is 8.44. The molecule has 30 heavy (non-hydrogen) atoms. The van der Waals surface area contributed by atoms with Gasteiger partial charge in [-0.2, -0.15) is 18.3 Å². The molecule has 2 aromatic carbocycles. The summed E-state index contributed by atoms with van der Waals surface area (Å²) in [7, 11) is 1.20. The number of thioether (sulfide) groups is 1. The number of carbonyl (C=O) groups excluding carboxylic acids is 2. The molecule has 1 saturated heterocycles. The molecular weight excluding hydrogens is 419 g/mol. The molecule has 0 radical (unpaired) electrons. The molecule has 0 saturated carbocycles. The Labute approximate surface area is 173 Å². The standard InChI is InChI=1S/C20H14F3N3O3S/c1-29-17(27)10-16-18(28)25-19(30-16)26-24-11-12-6-8-13(9-7-12)14-4-2-3-5-15(14)20(21,22)23/h2-11H,1H3,(H,25,26,28)/b16-10+,24-11?. The number of alkyl halides is 3. The topological polar surface area (TPSA) is 80.1 Å². The molecule has 0 atom stereocenters. The summed E-state index contributed by atoms with van der Waals surface area (Å²) in [5, 5.41) is 10.3. The number of hydrogen-bond donors (Lipinski definition) is 1. The fourth-order valence-electron chi connectivity index (χ4n) is 2.52. The van der Waals surface area contributed by atoms with Crippen LogP contribution in [0, 0.1) is 0 Å². The molecule has 6 nitrogen and oxygen atoms in total. The van der Waals surface area contributed by atoms with Crippen LogP contribution in [0.25, 0.3) is 11.1 Å². The molecule has 1 aliphatic heterocycles. The number of amidine groups is 1. The van der Waals surface area contributed by atoms with Gasteiger partial charge in [-0.3, -0.25) is 10.1 Å². The fraction of sp³-hybridized carbons (Fsp3) is 0.100. The predicted molar refractivity (Wildman–Crippen MR) is 108 cm³/mol. The van der Waals surface area contributed by atoms with Crippen molar-refractivity contribution in [2.75, 3.05) is 7.11 Å². The third-order valence-electron chi connectivity index (χ3n) is 3.91. The summed E-state index contributed by atoms with van der Waals surface area (Å²) in [5.41, 5.74) is 0.404. The first-order valence-corrected chi connectivity index (χ1v) is 9.26. The van der Waals surface area contributed by atoms with Gasteiger partial charge in [-0.25, -0.2) is 4.79 Å². The number of methoxy groups -OCH3 is 1. The van der Waals surface area contributed by atoms with Crippen molar-refractivity contribution in [1.82, 2.24) is 5.32 Å². The third kappa shape index (κ3) is 5.15. The van der Waals surface area contributed by atoms with Gasteiger partial charge in [0.05, 0.1) is 23.8 Å². The third-order valence-corrected chi connectivity index (χ3v) is 4.81. The van der Waals surface area contributed by atoms with Crippen LogP contribution in [0.2, 0.25) is 0 Å². The van der Waals surface area contributed by atoms with Gasteiger partial charge in [0.2, 0.25) is 0 Å². The molecule has 0 spiro atoms. The highest BCUT2D eigenvalue weighted by molar-refractivity contribution is 8.18. The number of benzene rings is 2. The lowest BCUT2D eigenvalue weighted by atomic mass is 9.98. The van der Waals surface area contributed by atoms with E-state index in [2.05, 4.69) is 20.3 Å². The second kappa shape index (κ2) is 8.95. The first-order chi connectivity index (χ1) is 14.3. The van der Waals surface area contributed by atoms with Gasteiger partial charge < -0.3 is 4.74 Å². The number of hydrogen-bond acceptors (Lipinski definition) is 6. The Morgan fingerprint density at radius 3 is 2.50 bits per heavy atom. The van der Waals surface area contributed by atoms with Crippen LogP contribution in [0.5, 0.6) is 0 Å². The number of esters is 1. The average Bonchev–Trinajstić information content (AvgIpc) is 3.07. The summed E-state index contributed by atoms with van der Waals surface area (Å²) in [6.45, 7) is 0. The van der Waals surface area contributed by atoms with E-state index in [1.165, 1.54) is 25.5 Å². The molecule has 0 unspecified atom stereocenters. The number of nitrogens with one attached hydrogen (secondary N) is 1. The Kier molecular flexibility index (Phi) is 6.36. The van der Waals surface area contributed by atoms with E-state index in [-0.39, 0.29) is 15.6 Å². The Bertz CT molecular complexity index is 1060. The highest BCUT2D eigenvalue weighted by atomic mass is 32.2. The predicted octanol–water partition coefficient (Wildman–Crippen LogP) is 3.98. The zero-order valence-electron chi connectivity index (χ0n) is 15.4. The monoisotopic (exact) mass is 433 g/mol. The highest BCUT2D eigenvalue weighted by Gasteiger charge is 2.33. The summed E-state index contributed by atoms with van der Waals surface area (Å²) in [6, 6.07) is 11.7. The van der Waals surface area contributed by atoms with Gasteiger partial charge in [0.15, 0.2) is 5.17 Å². The molecule has 1 N–H and O–H groups in total. The van der Waals surface area contributed by atoms with Crippen molar-refractivity contribution < 1.29 is 27.5 Å². The van der Waals surface area contributed by atoms with Crippen LogP contribution in [0.3, 0.4) is 0 Å². The van der Waals surface area contributed by atoms with Gasteiger partial charge in [-0.1, -0.05) is 42.5 Å². The van der Waals surface area contributed by atoms with Crippen molar-refractivity contribution in [2.45, 2.75) is 6.18 Å². The van der Waals surface area contributed by atoms with Crippen LogP contribution >= 0.6 is 11.8 Å². The second-order valence-corrected chi connectivity index (χ2v) is 6.93. The van der Waals surface area contributed by atoms with Crippen molar-refractivity contribution in [3.8, 4) is 11.1 Å². The van der Waals surface area contributed by atoms with Crippen molar-refractivity contribution >= 4 is 35.0 Å². The minimum Gasteiger partial charge on any atom is -0.466 e. The molecule has 0 aliphatic carbocycles. The Morgan fingerprint density at radius 2 is 1.83 bits per heavy atom. The summed E-state index contributed by atoms with van der Waals surface area (Å²) in [5.74, 6) is -1.16. The SMILES string of the molecule is COC(=O)/C=C1/S/C(=N\N=Cc2ccc(-c3ccccc3C(F)(F)F)cc2)NC1=O. The largest absolute Gasteiger partial charge is 0.466 e. The maximum atomic E-state index is 13.2. The van der Waals surface area contributed by atoms with Crippen molar-refractivity contribution in [3.63, 3.8) is 0 Å². The average molecular weight is 433 g/mol. The normalized spacial score (nSPS) is 17.0. The number of ether oxygens (including phenoxy) is 1. The summed E-state index contributed by atoms with van der Waals surface area (Å²) >= 11 is 0.931. The van der Waals surface area contributed by atoms with E-state index in [9.17, 15) is 22.8 Å². The van der Waals surface area contributed by atoms with Crippen molar-refractivity contribution in [1.29, 1.82) is 0 Å². The molecule has 0 aromatic heterocycles. The maximum absolute atomic E-state index is 13.2. The van der Waals surface area contributed by atoms with E-state index in [1.807, 2.05) is 0 Å². The number of amides is 1. The van der Waals surface area contributed by atoms with Crippen LogP contribution in [0.1, 0.15) is 11.1 Å². The Hall–Kier alpha value is -3.40. The molecule has 1 aliphatic rings. The van der Waals surface area contributed by atoms with Gasteiger partial charge in [0, 0.05) is 6.08 Å². The zero-order valence-corrected chi connectivity index (χ0v) is 16.3. The van der Waals surface area contributed by atoms with E-state index in [1.54, 1.807) is 30.3 Å². The molecule has 154 valence electrons. The van der Waals surface area contributed by atoms with Gasteiger partial charge >= 0.3 is 12.1 Å². The lowest BCUT2D eigenvalue weighted by molar-refractivity contribution is -0.137. The van der Waals surface area contributed by atoms with E-state index in [0.29, 0.717) is 11.1 Å². The Balaban J connectivity index is 1.72. The second-order valence-electron chi connectivity index (χ2n) is 5.90. The van der Waals surface area contributed by atoms with E-state index >= 15 is 0 Å². The number of halogens is 3. The highest BCUT2D eigenvalue weighted by Crippen LogP contribution is 2.36. The minimum atomic E-state index is -4.45. The van der Waals surface area contributed by atoms with Gasteiger partial charge in [-0.15, -0.1) is 5.10 Å². The fourth-order valence-corrected chi connectivity index (χ4v) is 3.26. The molecule has 1 amide bonds. The molecule has 10 heteroatoms. The number of nitrogens with zero attached hydrogens (tertiary/aromatic N) is 2. The van der Waals surface area contributed by atoms with Crippen molar-refractivity contribution in [3.05, 3.63) is 70.6 Å². The van der Waals surface area contributed by atoms with E-state index < -0.39 is 23.6 Å². The minimum absolute atomic E-state index is 0.0868. The lowest BCUT2D eigenvalue weighted by Crippen LogP contribution is -2.19.